The zero-order valence-electron chi connectivity index (χ0n) is 10.1. The molecule has 0 saturated heterocycles. The Kier molecular flexibility index (Phi) is 6.35. The Morgan fingerprint density at radius 2 is 2.35 bits per heavy atom. The molecule has 1 heterocycles. The van der Waals surface area contributed by atoms with E-state index in [-0.39, 0.29) is 5.56 Å². The Morgan fingerprint density at radius 3 is 3.00 bits per heavy atom. The summed E-state index contributed by atoms with van der Waals surface area (Å²) in [4.78, 5) is 10.6. The van der Waals surface area contributed by atoms with Crippen LogP contribution in [0.5, 0.6) is 0 Å². The van der Waals surface area contributed by atoms with Crippen molar-refractivity contribution in [2.75, 3.05) is 19.8 Å². The number of ether oxygens (including phenoxy) is 1. The summed E-state index contributed by atoms with van der Waals surface area (Å²) in [5, 5.41) is 11.8. The van der Waals surface area contributed by atoms with Gasteiger partial charge in [-0.1, -0.05) is 13.3 Å². The van der Waals surface area contributed by atoms with E-state index < -0.39 is 5.97 Å². The predicted molar refractivity (Wildman–Crippen MR) is 63.1 cm³/mol. The third kappa shape index (κ3) is 5.51. The lowest BCUT2D eigenvalue weighted by Crippen LogP contribution is -2.19. The molecular weight excluding hydrogens is 222 g/mol. The van der Waals surface area contributed by atoms with Gasteiger partial charge in [-0.2, -0.15) is 0 Å². The maximum atomic E-state index is 10.6. The van der Waals surface area contributed by atoms with Gasteiger partial charge in [-0.05, 0) is 12.5 Å². The molecule has 0 spiro atoms. The van der Waals surface area contributed by atoms with Crippen LogP contribution < -0.4 is 5.32 Å². The first-order chi connectivity index (χ1) is 8.24. The zero-order chi connectivity index (χ0) is 12.5. The molecule has 0 aliphatic carbocycles. The molecule has 0 atom stereocenters. The van der Waals surface area contributed by atoms with Crippen LogP contribution in [0.1, 0.15) is 35.9 Å². The van der Waals surface area contributed by atoms with Crippen LogP contribution in [-0.2, 0) is 11.3 Å². The van der Waals surface area contributed by atoms with Crippen LogP contribution in [0.2, 0.25) is 0 Å². The number of rotatable bonds is 9. The van der Waals surface area contributed by atoms with Gasteiger partial charge in [-0.15, -0.1) is 0 Å². The van der Waals surface area contributed by atoms with Gasteiger partial charge in [0.05, 0.1) is 18.7 Å². The molecule has 0 aromatic carbocycles. The van der Waals surface area contributed by atoms with E-state index in [2.05, 4.69) is 12.2 Å². The molecule has 0 bridgehead atoms. The molecule has 0 unspecified atom stereocenters. The third-order valence-electron chi connectivity index (χ3n) is 2.27. The molecule has 5 heteroatoms. The summed E-state index contributed by atoms with van der Waals surface area (Å²) in [6, 6.07) is 1.52. The summed E-state index contributed by atoms with van der Waals surface area (Å²) in [5.41, 5.74) is 0.181. The van der Waals surface area contributed by atoms with E-state index in [1.807, 2.05) is 0 Å². The molecule has 0 aliphatic heterocycles. The number of carboxylic acids is 1. The van der Waals surface area contributed by atoms with Crippen LogP contribution in [0.3, 0.4) is 0 Å². The molecule has 96 valence electrons. The van der Waals surface area contributed by atoms with E-state index in [4.69, 9.17) is 14.3 Å². The number of carbonyl (C=O) groups is 1. The summed E-state index contributed by atoms with van der Waals surface area (Å²) in [6.45, 7) is 4.82. The molecule has 2 N–H and O–H groups in total. The Labute approximate surface area is 101 Å². The minimum atomic E-state index is -0.970. The highest BCUT2D eigenvalue weighted by molar-refractivity contribution is 5.87. The number of aromatic carboxylic acids is 1. The van der Waals surface area contributed by atoms with E-state index in [9.17, 15) is 4.79 Å². The van der Waals surface area contributed by atoms with Crippen LogP contribution in [-0.4, -0.2) is 30.8 Å². The number of nitrogens with one attached hydrogen (secondary N) is 1. The van der Waals surface area contributed by atoms with Crippen LogP contribution in [0, 0.1) is 0 Å². The molecule has 0 radical (unpaired) electrons. The average Bonchev–Trinajstić information content (AvgIpc) is 2.77. The monoisotopic (exact) mass is 241 g/mol. The van der Waals surface area contributed by atoms with Crippen molar-refractivity contribution in [1.29, 1.82) is 0 Å². The van der Waals surface area contributed by atoms with Gasteiger partial charge in [-0.25, -0.2) is 4.79 Å². The van der Waals surface area contributed by atoms with E-state index in [1.165, 1.54) is 12.3 Å². The summed E-state index contributed by atoms with van der Waals surface area (Å²) in [6.07, 6.45) is 3.47. The fourth-order valence-electron chi connectivity index (χ4n) is 1.29. The van der Waals surface area contributed by atoms with Crippen molar-refractivity contribution < 1.29 is 19.1 Å². The Hall–Kier alpha value is -1.33. The quantitative estimate of drug-likeness (QED) is 0.646. The highest BCUT2D eigenvalue weighted by Crippen LogP contribution is 2.06. The second-order valence-electron chi connectivity index (χ2n) is 3.75. The Morgan fingerprint density at radius 1 is 1.53 bits per heavy atom. The first kappa shape index (κ1) is 13.7. The van der Waals surface area contributed by atoms with Crippen molar-refractivity contribution in [3.8, 4) is 0 Å². The third-order valence-corrected chi connectivity index (χ3v) is 2.27. The summed E-state index contributed by atoms with van der Waals surface area (Å²) in [7, 11) is 0. The van der Waals surface area contributed by atoms with Gasteiger partial charge in [0.25, 0.3) is 0 Å². The average molecular weight is 241 g/mol. The van der Waals surface area contributed by atoms with E-state index in [0.29, 0.717) is 18.9 Å². The number of furan rings is 1. The molecule has 0 aliphatic rings. The molecule has 0 saturated carbocycles. The second kappa shape index (κ2) is 7.86. The molecule has 0 fully saturated rings. The van der Waals surface area contributed by atoms with Crippen molar-refractivity contribution in [2.45, 2.75) is 26.3 Å². The first-order valence-corrected chi connectivity index (χ1v) is 5.83. The van der Waals surface area contributed by atoms with Gasteiger partial charge in [0, 0.05) is 13.2 Å². The molecule has 1 rings (SSSR count). The van der Waals surface area contributed by atoms with Crippen LogP contribution in [0.15, 0.2) is 16.7 Å². The van der Waals surface area contributed by atoms with Gasteiger partial charge < -0.3 is 19.6 Å². The Bertz CT molecular complexity index is 335. The minimum Gasteiger partial charge on any atom is -0.478 e. The largest absolute Gasteiger partial charge is 0.478 e. The van der Waals surface area contributed by atoms with Crippen molar-refractivity contribution in [3.63, 3.8) is 0 Å². The maximum Gasteiger partial charge on any atom is 0.338 e. The van der Waals surface area contributed by atoms with Gasteiger partial charge in [0.15, 0.2) is 0 Å². The molecule has 5 nitrogen and oxygen atoms in total. The molecule has 1 aromatic heterocycles. The van der Waals surface area contributed by atoms with Crippen molar-refractivity contribution in [1.82, 2.24) is 5.32 Å². The molecular formula is C12H19NO4. The first-order valence-electron chi connectivity index (χ1n) is 5.83. The van der Waals surface area contributed by atoms with Gasteiger partial charge in [0.1, 0.15) is 12.0 Å². The number of hydrogen-bond acceptors (Lipinski definition) is 4. The van der Waals surface area contributed by atoms with Gasteiger partial charge >= 0.3 is 5.97 Å². The highest BCUT2D eigenvalue weighted by Gasteiger charge is 2.07. The van der Waals surface area contributed by atoms with Crippen molar-refractivity contribution in [2.24, 2.45) is 0 Å². The molecule has 0 amide bonds. The number of unbranched alkanes of at least 4 members (excludes halogenated alkanes) is 1. The fourth-order valence-corrected chi connectivity index (χ4v) is 1.29. The standard InChI is InChI=1S/C12H19NO4/c1-2-3-5-16-6-4-13-8-11-7-10(9-17-11)12(14)15/h7,9,13H,2-6,8H2,1H3,(H,14,15). The van der Waals surface area contributed by atoms with Crippen LogP contribution in [0.25, 0.3) is 0 Å². The van der Waals surface area contributed by atoms with Crippen LogP contribution >= 0.6 is 0 Å². The van der Waals surface area contributed by atoms with E-state index in [1.54, 1.807) is 0 Å². The smallest absolute Gasteiger partial charge is 0.338 e. The number of carboxylic acid groups (broad SMARTS) is 1. The topological polar surface area (TPSA) is 71.7 Å². The predicted octanol–water partition coefficient (Wildman–Crippen LogP) is 1.88. The SMILES string of the molecule is CCCCOCCNCc1cc(C(=O)O)co1. The normalized spacial score (nSPS) is 10.6. The summed E-state index contributed by atoms with van der Waals surface area (Å²) < 4.78 is 10.5. The highest BCUT2D eigenvalue weighted by atomic mass is 16.5. The minimum absolute atomic E-state index is 0.181. The lowest BCUT2D eigenvalue weighted by atomic mass is 10.3. The van der Waals surface area contributed by atoms with Crippen LogP contribution in [0.4, 0.5) is 0 Å². The van der Waals surface area contributed by atoms with E-state index in [0.717, 1.165) is 26.0 Å². The lowest BCUT2D eigenvalue weighted by molar-refractivity contribution is 0.0696. The lowest BCUT2D eigenvalue weighted by Gasteiger charge is -2.03. The second-order valence-corrected chi connectivity index (χ2v) is 3.75. The van der Waals surface area contributed by atoms with Crippen molar-refractivity contribution >= 4 is 5.97 Å². The van der Waals surface area contributed by atoms with Gasteiger partial charge in [0.2, 0.25) is 0 Å². The molecule has 17 heavy (non-hydrogen) atoms. The van der Waals surface area contributed by atoms with E-state index >= 15 is 0 Å². The number of hydrogen-bond donors (Lipinski definition) is 2. The Balaban J connectivity index is 2.07. The van der Waals surface area contributed by atoms with Crippen molar-refractivity contribution in [3.05, 3.63) is 23.7 Å². The maximum absolute atomic E-state index is 10.6. The summed E-state index contributed by atoms with van der Waals surface area (Å²) in [5.74, 6) is -0.348. The fraction of sp³-hybridized carbons (Fsp3) is 0.583. The summed E-state index contributed by atoms with van der Waals surface area (Å²) >= 11 is 0. The van der Waals surface area contributed by atoms with Gasteiger partial charge in [-0.3, -0.25) is 0 Å². The molecule has 1 aromatic rings. The zero-order valence-corrected chi connectivity index (χ0v) is 10.1.